The Kier molecular flexibility index (Phi) is 8.44. The molecular weight excluding hydrogens is 406 g/mol. The van der Waals surface area contributed by atoms with Gasteiger partial charge >= 0.3 is 0 Å². The molecule has 2 aromatic rings. The van der Waals surface area contributed by atoms with E-state index in [1.807, 2.05) is 32.9 Å². The largest absolute Gasteiger partial charge is 0.497 e. The highest BCUT2D eigenvalue weighted by atomic mass is 32.2. The van der Waals surface area contributed by atoms with Crippen molar-refractivity contribution in [2.75, 3.05) is 25.6 Å². The van der Waals surface area contributed by atoms with Gasteiger partial charge in [-0.05, 0) is 67.0 Å². The molecule has 0 atom stereocenters. The molecule has 2 aromatic carbocycles. The lowest BCUT2D eigenvalue weighted by Crippen LogP contribution is -2.28. The van der Waals surface area contributed by atoms with Crippen LogP contribution in [0.2, 0.25) is 0 Å². The molecule has 4 nitrogen and oxygen atoms in total. The third kappa shape index (κ3) is 7.29. The van der Waals surface area contributed by atoms with Crippen LogP contribution in [-0.4, -0.2) is 26.2 Å². The highest BCUT2D eigenvalue weighted by Gasteiger charge is 2.22. The van der Waals surface area contributed by atoms with Crippen molar-refractivity contribution in [3.8, 4) is 5.75 Å². The van der Waals surface area contributed by atoms with E-state index in [0.717, 1.165) is 61.0 Å². The van der Waals surface area contributed by atoms with Gasteiger partial charge in [0.25, 0.3) is 0 Å². The van der Waals surface area contributed by atoms with Crippen molar-refractivity contribution in [2.45, 2.75) is 57.1 Å². The molecule has 1 aliphatic rings. The number of carbonyl (C=O) groups is 1. The first-order chi connectivity index (χ1) is 14.8. The van der Waals surface area contributed by atoms with Gasteiger partial charge in [-0.25, -0.2) is 0 Å². The van der Waals surface area contributed by atoms with Gasteiger partial charge in [-0.2, -0.15) is 0 Å². The van der Waals surface area contributed by atoms with Gasteiger partial charge in [-0.15, -0.1) is 11.8 Å². The molecule has 0 saturated carbocycles. The average molecular weight is 442 g/mol. The van der Waals surface area contributed by atoms with Crippen molar-refractivity contribution >= 4 is 23.4 Å². The zero-order valence-electron chi connectivity index (χ0n) is 19.2. The van der Waals surface area contributed by atoms with Gasteiger partial charge < -0.3 is 14.8 Å². The Labute approximate surface area is 191 Å². The Morgan fingerprint density at radius 1 is 1.13 bits per heavy atom. The number of carbonyl (C=O) groups excluding carboxylic acids is 1. The van der Waals surface area contributed by atoms with Crippen LogP contribution >= 0.6 is 11.8 Å². The van der Waals surface area contributed by atoms with Crippen LogP contribution in [0.1, 0.15) is 51.2 Å². The third-order valence-electron chi connectivity index (χ3n) is 5.74. The fraction of sp³-hybridized carbons (Fsp3) is 0.500. The number of rotatable bonds is 8. The first kappa shape index (κ1) is 23.7. The molecule has 1 saturated heterocycles. The minimum absolute atomic E-state index is 0.0529. The van der Waals surface area contributed by atoms with E-state index in [-0.39, 0.29) is 5.91 Å². The lowest BCUT2D eigenvalue weighted by atomic mass is 9.92. The van der Waals surface area contributed by atoms with E-state index in [0.29, 0.717) is 5.92 Å². The summed E-state index contributed by atoms with van der Waals surface area (Å²) in [5, 5.41) is 3.20. The first-order valence-electron chi connectivity index (χ1n) is 11.1. The predicted molar refractivity (Wildman–Crippen MR) is 129 cm³/mol. The summed E-state index contributed by atoms with van der Waals surface area (Å²) in [7, 11) is 1.68. The number of aryl methyl sites for hydroxylation is 1. The van der Waals surface area contributed by atoms with E-state index in [1.54, 1.807) is 18.9 Å². The summed E-state index contributed by atoms with van der Waals surface area (Å²) in [6.45, 7) is 7.60. The summed E-state index contributed by atoms with van der Waals surface area (Å²) >= 11 is 1.78. The maximum absolute atomic E-state index is 12.7. The Morgan fingerprint density at radius 2 is 1.84 bits per heavy atom. The van der Waals surface area contributed by atoms with E-state index in [9.17, 15) is 4.79 Å². The van der Waals surface area contributed by atoms with Crippen molar-refractivity contribution < 1.29 is 14.3 Å². The van der Waals surface area contributed by atoms with Gasteiger partial charge in [0.2, 0.25) is 5.91 Å². The van der Waals surface area contributed by atoms with Crippen molar-refractivity contribution in [1.29, 1.82) is 0 Å². The molecule has 1 fully saturated rings. The van der Waals surface area contributed by atoms with Crippen LogP contribution in [0.5, 0.6) is 5.75 Å². The maximum Gasteiger partial charge on any atom is 0.229 e. The highest BCUT2D eigenvalue weighted by molar-refractivity contribution is 7.98. The minimum Gasteiger partial charge on any atom is -0.497 e. The molecule has 1 aliphatic heterocycles. The standard InChI is InChI=1S/C26H35NO3S/c1-26(2,3)25(28)27-24-17-23(31-18-20-6-10-22(29-4)11-7-20)12-9-21(24)8-5-19-13-15-30-16-14-19/h6-7,9-12,17,19H,5,8,13-16,18H2,1-4H3,(H,27,28). The number of nitrogens with one attached hydrogen (secondary N) is 1. The van der Waals surface area contributed by atoms with Gasteiger partial charge in [0.05, 0.1) is 7.11 Å². The summed E-state index contributed by atoms with van der Waals surface area (Å²) in [6.07, 6.45) is 4.40. The Balaban J connectivity index is 1.70. The second-order valence-corrected chi connectivity index (χ2v) is 10.3. The molecule has 1 heterocycles. The zero-order valence-corrected chi connectivity index (χ0v) is 20.0. The fourth-order valence-electron chi connectivity index (χ4n) is 3.57. The SMILES string of the molecule is COc1ccc(CSc2ccc(CCC3CCOCC3)c(NC(=O)C(C)(C)C)c2)cc1. The fourth-order valence-corrected chi connectivity index (χ4v) is 4.46. The molecule has 168 valence electrons. The lowest BCUT2D eigenvalue weighted by Gasteiger charge is -2.23. The Hall–Kier alpha value is -1.98. The first-order valence-corrected chi connectivity index (χ1v) is 12.1. The molecule has 0 unspecified atom stereocenters. The lowest BCUT2D eigenvalue weighted by molar-refractivity contribution is -0.123. The van der Waals surface area contributed by atoms with Gasteiger partial charge in [0, 0.05) is 35.0 Å². The normalized spacial score (nSPS) is 15.0. The molecule has 0 radical (unpaired) electrons. The number of anilines is 1. The number of amides is 1. The van der Waals surface area contributed by atoms with E-state index in [2.05, 4.69) is 35.6 Å². The van der Waals surface area contributed by atoms with Gasteiger partial charge in [-0.1, -0.05) is 39.0 Å². The van der Waals surface area contributed by atoms with Crippen LogP contribution in [0, 0.1) is 11.3 Å². The summed E-state index contributed by atoms with van der Waals surface area (Å²) in [5.41, 5.74) is 2.99. The van der Waals surface area contributed by atoms with Gasteiger partial charge in [0.1, 0.15) is 5.75 Å². The molecule has 0 aliphatic carbocycles. The predicted octanol–water partition coefficient (Wildman–Crippen LogP) is 6.33. The summed E-state index contributed by atoms with van der Waals surface area (Å²) < 4.78 is 10.7. The smallest absolute Gasteiger partial charge is 0.229 e. The van der Waals surface area contributed by atoms with Crippen molar-refractivity contribution in [3.05, 3.63) is 53.6 Å². The topological polar surface area (TPSA) is 47.6 Å². The van der Waals surface area contributed by atoms with E-state index in [1.165, 1.54) is 11.1 Å². The molecule has 0 spiro atoms. The van der Waals surface area contributed by atoms with E-state index in [4.69, 9.17) is 9.47 Å². The van der Waals surface area contributed by atoms with Crippen LogP contribution in [-0.2, 0) is 21.7 Å². The molecule has 3 rings (SSSR count). The van der Waals surface area contributed by atoms with Gasteiger partial charge in [-0.3, -0.25) is 4.79 Å². The Bertz CT molecular complexity index is 852. The molecule has 5 heteroatoms. The average Bonchev–Trinajstić information content (AvgIpc) is 2.77. The third-order valence-corrected chi connectivity index (χ3v) is 6.80. The highest BCUT2D eigenvalue weighted by Crippen LogP contribution is 2.31. The number of methoxy groups -OCH3 is 1. The number of ether oxygens (including phenoxy) is 2. The van der Waals surface area contributed by atoms with Crippen LogP contribution < -0.4 is 10.1 Å². The van der Waals surface area contributed by atoms with Crippen LogP contribution in [0.4, 0.5) is 5.69 Å². The van der Waals surface area contributed by atoms with Crippen LogP contribution in [0.3, 0.4) is 0 Å². The molecule has 1 amide bonds. The number of benzene rings is 2. The van der Waals surface area contributed by atoms with E-state index < -0.39 is 5.41 Å². The number of thioether (sulfide) groups is 1. The molecule has 31 heavy (non-hydrogen) atoms. The van der Waals surface area contributed by atoms with Crippen molar-refractivity contribution in [3.63, 3.8) is 0 Å². The maximum atomic E-state index is 12.7. The van der Waals surface area contributed by atoms with Crippen LogP contribution in [0.25, 0.3) is 0 Å². The number of hydrogen-bond acceptors (Lipinski definition) is 4. The minimum atomic E-state index is -0.426. The van der Waals surface area contributed by atoms with Crippen LogP contribution in [0.15, 0.2) is 47.4 Å². The van der Waals surface area contributed by atoms with E-state index >= 15 is 0 Å². The van der Waals surface area contributed by atoms with Gasteiger partial charge in [0.15, 0.2) is 0 Å². The second-order valence-electron chi connectivity index (χ2n) is 9.25. The summed E-state index contributed by atoms with van der Waals surface area (Å²) in [5.74, 6) is 2.51. The molecule has 1 N–H and O–H groups in total. The molecule has 0 aromatic heterocycles. The van der Waals surface area contributed by atoms with Crippen molar-refractivity contribution in [2.24, 2.45) is 11.3 Å². The summed E-state index contributed by atoms with van der Waals surface area (Å²) in [4.78, 5) is 13.9. The molecular formula is C26H35NO3S. The molecule has 0 bridgehead atoms. The summed E-state index contributed by atoms with van der Waals surface area (Å²) in [6, 6.07) is 14.7. The quantitative estimate of drug-likeness (QED) is 0.486. The van der Waals surface area contributed by atoms with Crippen molar-refractivity contribution in [1.82, 2.24) is 0 Å². The Morgan fingerprint density at radius 3 is 2.48 bits per heavy atom. The zero-order chi connectivity index (χ0) is 22.3. The monoisotopic (exact) mass is 441 g/mol. The second kappa shape index (κ2) is 11.1. The number of hydrogen-bond donors (Lipinski definition) is 1.